The van der Waals surface area contributed by atoms with E-state index in [9.17, 15) is 9.50 Å². The molecule has 1 aromatic carbocycles. The molecule has 16 heavy (non-hydrogen) atoms. The van der Waals surface area contributed by atoms with Gasteiger partial charge in [-0.3, -0.25) is 0 Å². The molecule has 0 bridgehead atoms. The summed E-state index contributed by atoms with van der Waals surface area (Å²) < 4.78 is 18.8. The van der Waals surface area contributed by atoms with Crippen LogP contribution >= 0.6 is 0 Å². The van der Waals surface area contributed by atoms with Crippen LogP contribution in [0.15, 0.2) is 12.1 Å². The summed E-state index contributed by atoms with van der Waals surface area (Å²) in [6.07, 6.45) is 1.71. The molecule has 1 fully saturated rings. The van der Waals surface area contributed by atoms with Crippen LogP contribution in [0.2, 0.25) is 0 Å². The normalized spacial score (nSPS) is 20.0. The lowest BCUT2D eigenvalue weighted by atomic mass is 9.97. The Bertz CT molecular complexity index is 376. The van der Waals surface area contributed by atoms with Crippen LogP contribution in [0.3, 0.4) is 0 Å². The molecule has 0 spiro atoms. The number of nitrogens with one attached hydrogen (secondary N) is 1. The molecule has 1 aromatic rings. The van der Waals surface area contributed by atoms with Crippen molar-refractivity contribution in [2.24, 2.45) is 5.92 Å². The van der Waals surface area contributed by atoms with Crippen molar-refractivity contribution in [1.82, 2.24) is 5.32 Å². The van der Waals surface area contributed by atoms with Gasteiger partial charge in [0.1, 0.15) is 17.3 Å². The number of ether oxygens (including phenoxy) is 1. The number of halogens is 1. The van der Waals surface area contributed by atoms with Crippen LogP contribution in [0.25, 0.3) is 0 Å². The predicted octanol–water partition coefficient (Wildman–Crippen LogP) is 1.69. The number of phenolic OH excluding ortho intramolecular Hbond substituents is 1. The van der Waals surface area contributed by atoms with Crippen LogP contribution in [0.4, 0.5) is 4.39 Å². The Labute approximate surface area is 94.2 Å². The average Bonchev–Trinajstić information content (AvgIpc) is 2.74. The highest BCUT2D eigenvalue weighted by molar-refractivity contribution is 5.41. The SMILES string of the molecule is COc1cc(O)cc(F)c1CC1CCNC1. The van der Waals surface area contributed by atoms with Gasteiger partial charge in [-0.1, -0.05) is 0 Å². The van der Waals surface area contributed by atoms with E-state index in [0.29, 0.717) is 23.7 Å². The van der Waals surface area contributed by atoms with Crippen molar-refractivity contribution in [3.8, 4) is 11.5 Å². The Morgan fingerprint density at radius 3 is 3.00 bits per heavy atom. The lowest BCUT2D eigenvalue weighted by Crippen LogP contribution is -2.12. The zero-order chi connectivity index (χ0) is 11.5. The summed E-state index contributed by atoms with van der Waals surface area (Å²) in [5.74, 6) is 0.406. The third-order valence-corrected chi connectivity index (χ3v) is 3.01. The molecule has 1 aliphatic rings. The summed E-state index contributed by atoms with van der Waals surface area (Å²) in [5, 5.41) is 12.5. The van der Waals surface area contributed by atoms with Crippen LogP contribution in [-0.4, -0.2) is 25.3 Å². The van der Waals surface area contributed by atoms with E-state index in [2.05, 4.69) is 5.32 Å². The molecule has 88 valence electrons. The van der Waals surface area contributed by atoms with Gasteiger partial charge < -0.3 is 15.2 Å². The van der Waals surface area contributed by atoms with E-state index >= 15 is 0 Å². The van der Waals surface area contributed by atoms with E-state index in [0.717, 1.165) is 25.6 Å². The number of methoxy groups -OCH3 is 1. The van der Waals surface area contributed by atoms with E-state index in [1.807, 2.05) is 0 Å². The van der Waals surface area contributed by atoms with Crippen LogP contribution < -0.4 is 10.1 Å². The first-order valence-corrected chi connectivity index (χ1v) is 5.47. The third-order valence-electron chi connectivity index (χ3n) is 3.01. The third kappa shape index (κ3) is 2.27. The smallest absolute Gasteiger partial charge is 0.133 e. The van der Waals surface area contributed by atoms with Gasteiger partial charge in [0.15, 0.2) is 0 Å². The standard InChI is InChI=1S/C12H16FNO2/c1-16-12-6-9(15)5-11(13)10(12)4-8-2-3-14-7-8/h5-6,8,14-15H,2-4,7H2,1H3. The number of aromatic hydroxyl groups is 1. The molecular formula is C12H16FNO2. The molecule has 2 N–H and O–H groups in total. The van der Waals surface area contributed by atoms with Gasteiger partial charge in [-0.2, -0.15) is 0 Å². The summed E-state index contributed by atoms with van der Waals surface area (Å²) in [4.78, 5) is 0. The maximum atomic E-state index is 13.7. The Balaban J connectivity index is 2.23. The fourth-order valence-electron chi connectivity index (χ4n) is 2.16. The van der Waals surface area contributed by atoms with Crippen molar-refractivity contribution in [3.05, 3.63) is 23.5 Å². The fourth-order valence-corrected chi connectivity index (χ4v) is 2.16. The van der Waals surface area contributed by atoms with E-state index in [1.165, 1.54) is 13.2 Å². The molecule has 0 aromatic heterocycles. The second kappa shape index (κ2) is 4.70. The van der Waals surface area contributed by atoms with Crippen LogP contribution in [-0.2, 0) is 6.42 Å². The monoisotopic (exact) mass is 225 g/mol. The topological polar surface area (TPSA) is 41.5 Å². The fraction of sp³-hybridized carbons (Fsp3) is 0.500. The van der Waals surface area contributed by atoms with Gasteiger partial charge in [-0.15, -0.1) is 0 Å². The highest BCUT2D eigenvalue weighted by Crippen LogP contribution is 2.30. The first kappa shape index (κ1) is 11.2. The summed E-state index contributed by atoms with van der Waals surface area (Å²) in [7, 11) is 1.49. The van der Waals surface area contributed by atoms with Gasteiger partial charge in [-0.25, -0.2) is 4.39 Å². The average molecular weight is 225 g/mol. The van der Waals surface area contributed by atoms with E-state index in [-0.39, 0.29) is 11.6 Å². The quantitative estimate of drug-likeness (QED) is 0.822. The van der Waals surface area contributed by atoms with Crippen LogP contribution in [0.5, 0.6) is 11.5 Å². The Morgan fingerprint density at radius 1 is 1.56 bits per heavy atom. The van der Waals surface area contributed by atoms with Gasteiger partial charge >= 0.3 is 0 Å². The minimum Gasteiger partial charge on any atom is -0.508 e. The maximum absolute atomic E-state index is 13.7. The van der Waals surface area contributed by atoms with Crippen molar-refractivity contribution in [2.75, 3.05) is 20.2 Å². The molecule has 0 radical (unpaired) electrons. The zero-order valence-corrected chi connectivity index (χ0v) is 9.29. The van der Waals surface area contributed by atoms with Gasteiger partial charge in [0.25, 0.3) is 0 Å². The van der Waals surface area contributed by atoms with E-state index in [1.54, 1.807) is 0 Å². The molecule has 4 heteroatoms. The van der Waals surface area contributed by atoms with Crippen molar-refractivity contribution in [2.45, 2.75) is 12.8 Å². The highest BCUT2D eigenvalue weighted by atomic mass is 19.1. The van der Waals surface area contributed by atoms with Crippen molar-refractivity contribution >= 4 is 0 Å². The molecule has 1 aliphatic heterocycles. The molecule has 0 saturated carbocycles. The minimum atomic E-state index is -0.385. The van der Waals surface area contributed by atoms with Gasteiger partial charge in [0.05, 0.1) is 7.11 Å². The molecule has 1 heterocycles. The van der Waals surface area contributed by atoms with Gasteiger partial charge in [0.2, 0.25) is 0 Å². The molecule has 1 atom stereocenters. The molecule has 0 amide bonds. The maximum Gasteiger partial charge on any atom is 0.133 e. The summed E-state index contributed by atoms with van der Waals surface area (Å²) in [6, 6.07) is 2.60. The first-order valence-electron chi connectivity index (χ1n) is 5.47. The van der Waals surface area contributed by atoms with Gasteiger partial charge in [-0.05, 0) is 31.8 Å². The molecular weight excluding hydrogens is 209 g/mol. The van der Waals surface area contributed by atoms with Crippen molar-refractivity contribution in [1.29, 1.82) is 0 Å². The number of benzene rings is 1. The first-order chi connectivity index (χ1) is 7.70. The highest BCUT2D eigenvalue weighted by Gasteiger charge is 2.20. The van der Waals surface area contributed by atoms with Crippen molar-refractivity contribution < 1.29 is 14.2 Å². The summed E-state index contributed by atoms with van der Waals surface area (Å²) in [6.45, 7) is 1.91. The molecule has 1 unspecified atom stereocenters. The number of hydrogen-bond acceptors (Lipinski definition) is 3. The second-order valence-corrected chi connectivity index (χ2v) is 4.17. The van der Waals surface area contributed by atoms with Crippen LogP contribution in [0, 0.1) is 11.7 Å². The Kier molecular flexibility index (Phi) is 3.29. The second-order valence-electron chi connectivity index (χ2n) is 4.17. The van der Waals surface area contributed by atoms with Crippen molar-refractivity contribution in [3.63, 3.8) is 0 Å². The number of hydrogen-bond donors (Lipinski definition) is 2. The van der Waals surface area contributed by atoms with E-state index in [4.69, 9.17) is 4.74 Å². The lowest BCUT2D eigenvalue weighted by molar-refractivity contribution is 0.390. The van der Waals surface area contributed by atoms with Gasteiger partial charge in [0, 0.05) is 17.7 Å². The molecule has 1 saturated heterocycles. The zero-order valence-electron chi connectivity index (χ0n) is 9.29. The Morgan fingerprint density at radius 2 is 2.38 bits per heavy atom. The number of phenols is 1. The van der Waals surface area contributed by atoms with Crippen LogP contribution in [0.1, 0.15) is 12.0 Å². The molecule has 0 aliphatic carbocycles. The summed E-state index contributed by atoms with van der Waals surface area (Å²) >= 11 is 0. The minimum absolute atomic E-state index is 0.0948. The summed E-state index contributed by atoms with van der Waals surface area (Å²) in [5.41, 5.74) is 0.564. The molecule has 3 nitrogen and oxygen atoms in total. The largest absolute Gasteiger partial charge is 0.508 e. The Hall–Kier alpha value is -1.29. The number of rotatable bonds is 3. The lowest BCUT2D eigenvalue weighted by Gasteiger charge is -2.13. The van der Waals surface area contributed by atoms with E-state index < -0.39 is 0 Å². The predicted molar refractivity (Wildman–Crippen MR) is 59.3 cm³/mol. The molecule has 2 rings (SSSR count).